The summed E-state index contributed by atoms with van der Waals surface area (Å²) in [4.78, 5) is 12.7. The fraction of sp³-hybridized carbons (Fsp3) is 0.158. The van der Waals surface area contributed by atoms with Gasteiger partial charge in [-0.25, -0.2) is 0 Å². The van der Waals surface area contributed by atoms with Crippen LogP contribution in [0.3, 0.4) is 0 Å². The Labute approximate surface area is 158 Å². The van der Waals surface area contributed by atoms with Gasteiger partial charge in [0.1, 0.15) is 17.0 Å². The highest BCUT2D eigenvalue weighted by atomic mass is 79.9. The molecule has 1 aliphatic heterocycles. The molecular weight excluding hydrogens is 400 g/mol. The fourth-order valence-electron chi connectivity index (χ4n) is 2.79. The lowest BCUT2D eigenvalue weighted by atomic mass is 10.1. The van der Waals surface area contributed by atoms with Crippen LogP contribution in [0, 0.1) is 6.92 Å². The Morgan fingerprint density at radius 2 is 2.04 bits per heavy atom. The highest BCUT2D eigenvalue weighted by Crippen LogP contribution is 2.32. The lowest BCUT2D eigenvalue weighted by Gasteiger charge is -2.07. The molecule has 0 aliphatic carbocycles. The molecule has 4 rings (SSSR count). The molecule has 0 fully saturated rings. The summed E-state index contributed by atoms with van der Waals surface area (Å²) in [5.41, 5.74) is 2.68. The van der Waals surface area contributed by atoms with Crippen molar-refractivity contribution in [3.05, 3.63) is 63.8 Å². The van der Waals surface area contributed by atoms with Crippen LogP contribution in [-0.2, 0) is 6.54 Å². The molecule has 1 aromatic heterocycles. The minimum Gasteiger partial charge on any atom is -0.454 e. The number of halogens is 1. The maximum Gasteiger partial charge on any atom is 0.257 e. The summed E-state index contributed by atoms with van der Waals surface area (Å²) in [6.45, 7) is 2.31. The molecule has 0 unspecified atom stereocenters. The van der Waals surface area contributed by atoms with Gasteiger partial charge in [-0.15, -0.1) is 0 Å². The maximum absolute atomic E-state index is 12.7. The van der Waals surface area contributed by atoms with E-state index in [0.29, 0.717) is 35.1 Å². The molecule has 3 aromatic rings. The van der Waals surface area contributed by atoms with Gasteiger partial charge in [-0.05, 0) is 36.8 Å². The van der Waals surface area contributed by atoms with Gasteiger partial charge < -0.3 is 19.3 Å². The highest BCUT2D eigenvalue weighted by molar-refractivity contribution is 9.10. The second-order valence-electron chi connectivity index (χ2n) is 5.84. The predicted octanol–water partition coefficient (Wildman–Crippen LogP) is 4.07. The van der Waals surface area contributed by atoms with E-state index >= 15 is 0 Å². The molecule has 0 atom stereocenters. The van der Waals surface area contributed by atoms with Gasteiger partial charge in [-0.2, -0.15) is 0 Å². The summed E-state index contributed by atoms with van der Waals surface area (Å²) in [5, 5.41) is 6.97. The van der Waals surface area contributed by atoms with E-state index < -0.39 is 0 Å². The molecule has 2 aromatic carbocycles. The first-order valence-electron chi connectivity index (χ1n) is 8.01. The van der Waals surface area contributed by atoms with Crippen molar-refractivity contribution in [3.63, 3.8) is 0 Å². The first-order valence-corrected chi connectivity index (χ1v) is 8.80. The van der Waals surface area contributed by atoms with Crippen LogP contribution in [-0.4, -0.2) is 17.9 Å². The van der Waals surface area contributed by atoms with Crippen molar-refractivity contribution in [2.45, 2.75) is 13.5 Å². The Hall–Kier alpha value is -2.80. The maximum atomic E-state index is 12.7. The van der Waals surface area contributed by atoms with Gasteiger partial charge in [0, 0.05) is 16.6 Å². The Morgan fingerprint density at radius 1 is 1.19 bits per heavy atom. The number of carbonyl (C=O) groups excluding carboxylic acids is 1. The molecule has 1 aliphatic rings. The first kappa shape index (κ1) is 16.7. The van der Waals surface area contributed by atoms with Crippen LogP contribution in [0.2, 0.25) is 0 Å². The highest BCUT2D eigenvalue weighted by Gasteiger charge is 2.22. The molecular formula is C19H15BrN2O4. The van der Waals surface area contributed by atoms with E-state index in [0.717, 1.165) is 15.6 Å². The van der Waals surface area contributed by atoms with Gasteiger partial charge in [0.25, 0.3) is 5.91 Å². The number of hydrogen-bond donors (Lipinski definition) is 1. The van der Waals surface area contributed by atoms with Crippen molar-refractivity contribution in [3.8, 4) is 22.8 Å². The van der Waals surface area contributed by atoms with E-state index in [4.69, 9.17) is 14.0 Å². The third-order valence-corrected chi connectivity index (χ3v) is 4.57. The van der Waals surface area contributed by atoms with Gasteiger partial charge in [-0.3, -0.25) is 4.79 Å². The third kappa shape index (κ3) is 3.17. The summed E-state index contributed by atoms with van der Waals surface area (Å²) in [6, 6.07) is 13.2. The quantitative estimate of drug-likeness (QED) is 0.696. The van der Waals surface area contributed by atoms with E-state index in [1.54, 1.807) is 6.92 Å². The number of aryl methyl sites for hydroxylation is 1. The first-order chi connectivity index (χ1) is 12.6. The summed E-state index contributed by atoms with van der Waals surface area (Å²) in [5.74, 6) is 1.64. The number of hydrogen-bond acceptors (Lipinski definition) is 5. The Balaban J connectivity index is 1.54. The molecule has 132 valence electrons. The van der Waals surface area contributed by atoms with Crippen molar-refractivity contribution in [2.75, 3.05) is 6.79 Å². The average Bonchev–Trinajstić information content (AvgIpc) is 3.25. The Bertz CT molecular complexity index is 983. The van der Waals surface area contributed by atoms with Gasteiger partial charge in [0.2, 0.25) is 6.79 Å². The van der Waals surface area contributed by atoms with E-state index in [2.05, 4.69) is 26.4 Å². The number of nitrogens with one attached hydrogen (secondary N) is 1. The lowest BCUT2D eigenvalue weighted by molar-refractivity contribution is 0.0950. The summed E-state index contributed by atoms with van der Waals surface area (Å²) in [7, 11) is 0. The number of ether oxygens (including phenoxy) is 2. The summed E-state index contributed by atoms with van der Waals surface area (Å²) >= 11 is 3.43. The van der Waals surface area contributed by atoms with Crippen LogP contribution in [0.1, 0.15) is 21.7 Å². The molecule has 0 saturated heterocycles. The number of carbonyl (C=O) groups is 1. The SMILES string of the molecule is Cc1onc(-c2cccc(Br)c2)c1C(=O)NCc1ccc2c(c1)OCO2. The normalized spacial score (nSPS) is 12.2. The van der Waals surface area contributed by atoms with Crippen molar-refractivity contribution in [1.82, 2.24) is 10.5 Å². The smallest absolute Gasteiger partial charge is 0.257 e. The van der Waals surface area contributed by atoms with Crippen molar-refractivity contribution in [2.24, 2.45) is 0 Å². The Morgan fingerprint density at radius 3 is 2.88 bits per heavy atom. The molecule has 0 spiro atoms. The zero-order valence-electron chi connectivity index (χ0n) is 13.9. The van der Waals surface area contributed by atoms with Gasteiger partial charge in [0.05, 0.1) is 0 Å². The second kappa shape index (κ2) is 6.84. The molecule has 7 heteroatoms. The van der Waals surface area contributed by atoms with Crippen LogP contribution in [0.15, 0.2) is 51.5 Å². The van der Waals surface area contributed by atoms with Gasteiger partial charge in [0.15, 0.2) is 11.5 Å². The van der Waals surface area contributed by atoms with E-state index in [1.165, 1.54) is 0 Å². The molecule has 6 nitrogen and oxygen atoms in total. The third-order valence-electron chi connectivity index (χ3n) is 4.08. The Kier molecular flexibility index (Phi) is 4.38. The number of fused-ring (bicyclic) bond motifs is 1. The zero-order chi connectivity index (χ0) is 18.1. The fourth-order valence-corrected chi connectivity index (χ4v) is 3.19. The monoisotopic (exact) mass is 414 g/mol. The number of aromatic nitrogens is 1. The minimum atomic E-state index is -0.239. The summed E-state index contributed by atoms with van der Waals surface area (Å²) < 4.78 is 16.8. The molecule has 0 bridgehead atoms. The van der Waals surface area contributed by atoms with Crippen molar-refractivity contribution < 1.29 is 18.8 Å². The molecule has 2 heterocycles. The predicted molar refractivity (Wildman–Crippen MR) is 98.1 cm³/mol. The topological polar surface area (TPSA) is 73.6 Å². The number of amides is 1. The van der Waals surface area contributed by atoms with Crippen LogP contribution in [0.5, 0.6) is 11.5 Å². The standard InChI is InChI=1S/C19H15BrN2O4/c1-11-17(18(22-26-11)13-3-2-4-14(20)8-13)19(23)21-9-12-5-6-15-16(7-12)25-10-24-15/h2-8H,9-10H2,1H3,(H,21,23). The molecule has 1 N–H and O–H groups in total. The van der Waals surface area contributed by atoms with Gasteiger partial charge >= 0.3 is 0 Å². The van der Waals surface area contributed by atoms with Crippen LogP contribution >= 0.6 is 15.9 Å². The number of rotatable bonds is 4. The molecule has 26 heavy (non-hydrogen) atoms. The number of benzene rings is 2. The van der Waals surface area contributed by atoms with Crippen molar-refractivity contribution >= 4 is 21.8 Å². The zero-order valence-corrected chi connectivity index (χ0v) is 15.5. The van der Waals surface area contributed by atoms with Crippen LogP contribution in [0.25, 0.3) is 11.3 Å². The minimum absolute atomic E-state index is 0.223. The van der Waals surface area contributed by atoms with Crippen LogP contribution < -0.4 is 14.8 Å². The molecule has 0 radical (unpaired) electrons. The van der Waals surface area contributed by atoms with E-state index in [9.17, 15) is 4.79 Å². The summed E-state index contributed by atoms with van der Waals surface area (Å²) in [6.07, 6.45) is 0. The van der Waals surface area contributed by atoms with Gasteiger partial charge in [-0.1, -0.05) is 39.3 Å². The average molecular weight is 415 g/mol. The second-order valence-corrected chi connectivity index (χ2v) is 6.76. The van der Waals surface area contributed by atoms with Crippen molar-refractivity contribution in [1.29, 1.82) is 0 Å². The lowest BCUT2D eigenvalue weighted by Crippen LogP contribution is -2.23. The van der Waals surface area contributed by atoms with E-state index in [1.807, 2.05) is 42.5 Å². The molecule has 0 saturated carbocycles. The van der Waals surface area contributed by atoms with E-state index in [-0.39, 0.29) is 12.7 Å². The van der Waals surface area contributed by atoms with Crippen LogP contribution in [0.4, 0.5) is 0 Å². The largest absolute Gasteiger partial charge is 0.454 e. The molecule has 1 amide bonds. The number of nitrogens with zero attached hydrogens (tertiary/aromatic N) is 1.